The van der Waals surface area contributed by atoms with E-state index in [1.54, 1.807) is 0 Å². The fourth-order valence-electron chi connectivity index (χ4n) is 2.37. The van der Waals surface area contributed by atoms with Gasteiger partial charge in [0.25, 0.3) is 11.5 Å². The predicted molar refractivity (Wildman–Crippen MR) is 86.2 cm³/mol. The van der Waals surface area contributed by atoms with Gasteiger partial charge in [0.15, 0.2) is 0 Å². The van der Waals surface area contributed by atoms with Gasteiger partial charge in [0, 0.05) is 6.20 Å². The van der Waals surface area contributed by atoms with Crippen LogP contribution in [0.5, 0.6) is 0 Å². The summed E-state index contributed by atoms with van der Waals surface area (Å²) in [4.78, 5) is 37.3. The summed E-state index contributed by atoms with van der Waals surface area (Å²) < 4.78 is 0. The van der Waals surface area contributed by atoms with Crippen LogP contribution in [0.2, 0.25) is 0 Å². The number of aryl methyl sites for hydroxylation is 1. The van der Waals surface area contributed by atoms with E-state index in [0.29, 0.717) is 12.2 Å². The normalized spacial score (nSPS) is 12.3. The summed E-state index contributed by atoms with van der Waals surface area (Å²) in [5.41, 5.74) is 2.76. The van der Waals surface area contributed by atoms with Crippen molar-refractivity contribution in [3.8, 4) is 0 Å². The van der Waals surface area contributed by atoms with Crippen LogP contribution in [-0.2, 0) is 0 Å². The van der Waals surface area contributed by atoms with Crippen molar-refractivity contribution in [1.82, 2.24) is 25.3 Å². The highest BCUT2D eigenvalue weighted by molar-refractivity contribution is 5.92. The number of hydrogen-bond donors (Lipinski definition) is 3. The largest absolute Gasteiger partial charge is 0.341 e. The van der Waals surface area contributed by atoms with E-state index in [0.717, 1.165) is 22.8 Å². The average molecular weight is 311 g/mol. The first-order valence-corrected chi connectivity index (χ1v) is 7.38. The highest BCUT2D eigenvalue weighted by Gasteiger charge is 2.18. The zero-order valence-electron chi connectivity index (χ0n) is 12.9. The summed E-state index contributed by atoms with van der Waals surface area (Å²) in [6.45, 7) is 3.98. The van der Waals surface area contributed by atoms with Crippen molar-refractivity contribution in [1.29, 1.82) is 0 Å². The van der Waals surface area contributed by atoms with Crippen molar-refractivity contribution in [3.63, 3.8) is 0 Å². The topological polar surface area (TPSA) is 104 Å². The van der Waals surface area contributed by atoms with Crippen LogP contribution < -0.4 is 10.9 Å². The summed E-state index contributed by atoms with van der Waals surface area (Å²) in [6, 6.07) is 5.70. The molecule has 3 N–H and O–H groups in total. The summed E-state index contributed by atoms with van der Waals surface area (Å²) in [5, 5.41) is 2.88. The number of benzene rings is 1. The van der Waals surface area contributed by atoms with Gasteiger partial charge in [-0.3, -0.25) is 9.59 Å². The van der Waals surface area contributed by atoms with Crippen molar-refractivity contribution >= 4 is 16.9 Å². The zero-order valence-corrected chi connectivity index (χ0v) is 12.9. The van der Waals surface area contributed by atoms with Crippen LogP contribution in [-0.4, -0.2) is 25.8 Å². The van der Waals surface area contributed by atoms with E-state index in [-0.39, 0.29) is 23.2 Å². The van der Waals surface area contributed by atoms with E-state index in [2.05, 4.69) is 25.3 Å². The number of aromatic amines is 2. The van der Waals surface area contributed by atoms with E-state index in [1.165, 1.54) is 6.20 Å². The molecule has 2 heterocycles. The van der Waals surface area contributed by atoms with Gasteiger partial charge in [-0.05, 0) is 31.0 Å². The van der Waals surface area contributed by atoms with Crippen LogP contribution in [0.3, 0.4) is 0 Å². The molecule has 23 heavy (non-hydrogen) atoms. The third kappa shape index (κ3) is 3.13. The lowest BCUT2D eigenvalue weighted by Gasteiger charge is -2.14. The maximum atomic E-state index is 12.2. The molecule has 0 radical (unpaired) electrons. The standard InChI is InChI=1S/C16H17N5O2/c1-3-10(21-16(23)13-7-18-14(22)8-17-13)15-19-11-5-4-9(2)6-12(11)20-15/h4-8,10H,3H2,1-2H3,(H,18,22)(H,19,20)(H,21,23)/t10-/m0/s1. The molecule has 1 atom stereocenters. The number of fused-ring (bicyclic) bond motifs is 1. The van der Waals surface area contributed by atoms with Crippen molar-refractivity contribution in [2.75, 3.05) is 0 Å². The Bertz CT molecular complexity index is 892. The van der Waals surface area contributed by atoms with E-state index in [4.69, 9.17) is 0 Å². The Morgan fingerprint density at radius 2 is 2.22 bits per heavy atom. The van der Waals surface area contributed by atoms with Crippen molar-refractivity contribution in [3.05, 3.63) is 58.0 Å². The summed E-state index contributed by atoms with van der Waals surface area (Å²) >= 11 is 0. The summed E-state index contributed by atoms with van der Waals surface area (Å²) in [5.74, 6) is 0.343. The molecule has 3 aromatic rings. The number of amides is 1. The molecule has 3 rings (SSSR count). The van der Waals surface area contributed by atoms with Gasteiger partial charge in [0.05, 0.1) is 23.3 Å². The van der Waals surface area contributed by atoms with Gasteiger partial charge in [0.2, 0.25) is 0 Å². The summed E-state index contributed by atoms with van der Waals surface area (Å²) in [6.07, 6.45) is 3.06. The first kappa shape index (κ1) is 15.0. The second kappa shape index (κ2) is 6.04. The van der Waals surface area contributed by atoms with Crippen molar-refractivity contribution < 1.29 is 4.79 Å². The van der Waals surface area contributed by atoms with E-state index in [9.17, 15) is 9.59 Å². The molecule has 0 aliphatic rings. The number of nitrogens with zero attached hydrogens (tertiary/aromatic N) is 2. The maximum Gasteiger partial charge on any atom is 0.271 e. The number of rotatable bonds is 4. The number of carbonyl (C=O) groups excluding carboxylic acids is 1. The number of nitrogens with one attached hydrogen (secondary N) is 3. The van der Waals surface area contributed by atoms with Gasteiger partial charge in [-0.2, -0.15) is 0 Å². The Labute approximate surface area is 132 Å². The third-order valence-corrected chi connectivity index (χ3v) is 3.60. The third-order valence-electron chi connectivity index (χ3n) is 3.60. The number of hydrogen-bond acceptors (Lipinski definition) is 4. The molecule has 1 aromatic carbocycles. The van der Waals surface area contributed by atoms with Gasteiger partial charge < -0.3 is 15.3 Å². The average Bonchev–Trinajstić information content (AvgIpc) is 2.95. The fourth-order valence-corrected chi connectivity index (χ4v) is 2.37. The minimum absolute atomic E-state index is 0.162. The lowest BCUT2D eigenvalue weighted by atomic mass is 10.2. The monoisotopic (exact) mass is 311 g/mol. The van der Waals surface area contributed by atoms with E-state index >= 15 is 0 Å². The van der Waals surface area contributed by atoms with Gasteiger partial charge in [0.1, 0.15) is 11.5 Å². The second-order valence-electron chi connectivity index (χ2n) is 5.37. The van der Waals surface area contributed by atoms with Crippen molar-refractivity contribution in [2.45, 2.75) is 26.3 Å². The van der Waals surface area contributed by atoms with Gasteiger partial charge >= 0.3 is 0 Å². The minimum Gasteiger partial charge on any atom is -0.341 e. The quantitative estimate of drug-likeness (QED) is 0.684. The molecular weight excluding hydrogens is 294 g/mol. The van der Waals surface area contributed by atoms with E-state index in [1.807, 2.05) is 32.0 Å². The van der Waals surface area contributed by atoms with E-state index < -0.39 is 0 Å². The van der Waals surface area contributed by atoms with Gasteiger partial charge in [-0.15, -0.1) is 0 Å². The molecule has 0 fully saturated rings. The second-order valence-corrected chi connectivity index (χ2v) is 5.37. The van der Waals surface area contributed by atoms with Crippen LogP contribution in [0.25, 0.3) is 11.0 Å². The van der Waals surface area contributed by atoms with Crippen LogP contribution in [0.15, 0.2) is 35.4 Å². The van der Waals surface area contributed by atoms with Crippen LogP contribution in [0.1, 0.15) is 41.3 Å². The summed E-state index contributed by atoms with van der Waals surface area (Å²) in [7, 11) is 0. The number of H-pyrrole nitrogens is 2. The molecule has 7 nitrogen and oxygen atoms in total. The first-order chi connectivity index (χ1) is 11.1. The highest BCUT2D eigenvalue weighted by Crippen LogP contribution is 2.19. The lowest BCUT2D eigenvalue weighted by Crippen LogP contribution is -2.30. The lowest BCUT2D eigenvalue weighted by molar-refractivity contribution is 0.0928. The molecule has 1 amide bonds. The molecular formula is C16H17N5O2. The smallest absolute Gasteiger partial charge is 0.271 e. The van der Waals surface area contributed by atoms with Gasteiger partial charge in [-0.1, -0.05) is 13.0 Å². The number of carbonyl (C=O) groups is 1. The van der Waals surface area contributed by atoms with Crippen molar-refractivity contribution in [2.24, 2.45) is 0 Å². The molecule has 0 spiro atoms. The minimum atomic E-state index is -0.357. The zero-order chi connectivity index (χ0) is 16.4. The van der Waals surface area contributed by atoms with Crippen LogP contribution in [0, 0.1) is 6.92 Å². The molecule has 0 aliphatic heterocycles. The Balaban J connectivity index is 1.84. The van der Waals surface area contributed by atoms with Crippen LogP contribution >= 0.6 is 0 Å². The van der Waals surface area contributed by atoms with Gasteiger partial charge in [-0.25, -0.2) is 9.97 Å². The number of imidazole rings is 1. The first-order valence-electron chi connectivity index (χ1n) is 7.38. The van der Waals surface area contributed by atoms with Crippen LogP contribution in [0.4, 0.5) is 0 Å². The molecule has 0 bridgehead atoms. The Morgan fingerprint density at radius 3 is 2.91 bits per heavy atom. The molecule has 0 unspecified atom stereocenters. The Kier molecular flexibility index (Phi) is 3.92. The number of aromatic nitrogens is 4. The molecule has 7 heteroatoms. The Morgan fingerprint density at radius 1 is 1.39 bits per heavy atom. The molecule has 0 saturated carbocycles. The SMILES string of the molecule is CC[C@H](NC(=O)c1c[nH]c(=O)cn1)c1nc2ccc(C)cc2[nH]1. The fraction of sp³-hybridized carbons (Fsp3) is 0.250. The molecule has 118 valence electrons. The highest BCUT2D eigenvalue weighted by atomic mass is 16.2. The molecule has 0 saturated heterocycles. The molecule has 0 aliphatic carbocycles. The predicted octanol–water partition coefficient (Wildman–Crippen LogP) is 1.84. The molecule has 2 aromatic heterocycles. The Hall–Kier alpha value is -2.96. The maximum absolute atomic E-state index is 12.2.